The highest BCUT2D eigenvalue weighted by Crippen LogP contribution is 2.23. The fourth-order valence-electron chi connectivity index (χ4n) is 2.78. The van der Waals surface area contributed by atoms with Crippen LogP contribution >= 0.6 is 27.5 Å². The fourth-order valence-corrected chi connectivity index (χ4v) is 3.28. The van der Waals surface area contributed by atoms with Gasteiger partial charge in [-0.2, -0.15) is 5.10 Å². The average molecular weight is 528 g/mol. The third-order valence-electron chi connectivity index (χ3n) is 4.34. The molecule has 8 heteroatoms. The molecule has 0 aliphatic rings. The van der Waals surface area contributed by atoms with Crippen LogP contribution in [0.5, 0.6) is 11.5 Å². The highest BCUT2D eigenvalue weighted by Gasteiger charge is 2.12. The summed E-state index contributed by atoms with van der Waals surface area (Å²) >= 11 is 9.23. The Labute approximate surface area is 205 Å². The minimum atomic E-state index is -0.542. The number of rotatable bonds is 9. The van der Waals surface area contributed by atoms with Crippen LogP contribution in [-0.2, 0) is 11.2 Å². The molecule has 0 aliphatic heterocycles. The molecule has 0 atom stereocenters. The summed E-state index contributed by atoms with van der Waals surface area (Å²) in [7, 11) is 0. The average Bonchev–Trinajstić information content (AvgIpc) is 2.81. The Kier molecular flexibility index (Phi) is 8.80. The molecule has 0 fully saturated rings. The smallest absolute Gasteiger partial charge is 0.343 e. The molecule has 1 amide bonds. The van der Waals surface area contributed by atoms with Crippen molar-refractivity contribution in [3.63, 3.8) is 0 Å². The summed E-state index contributed by atoms with van der Waals surface area (Å²) < 4.78 is 11.8. The molecule has 3 aromatic carbocycles. The maximum Gasteiger partial charge on any atom is 0.343 e. The van der Waals surface area contributed by atoms with Crippen LogP contribution in [0.3, 0.4) is 0 Å². The highest BCUT2D eigenvalue weighted by atomic mass is 79.9. The van der Waals surface area contributed by atoms with E-state index in [1.165, 1.54) is 6.21 Å². The fraction of sp³-hybridized carbons (Fsp3) is 0.0800. The van der Waals surface area contributed by atoms with Gasteiger partial charge >= 0.3 is 5.97 Å². The number of nitrogens with zero attached hydrogens (tertiary/aromatic N) is 1. The van der Waals surface area contributed by atoms with Crippen molar-refractivity contribution in [2.75, 3.05) is 6.61 Å². The lowest BCUT2D eigenvalue weighted by atomic mass is 10.1. The molecule has 3 rings (SSSR count). The van der Waals surface area contributed by atoms with Crippen molar-refractivity contribution in [2.24, 2.45) is 5.10 Å². The number of ether oxygens (including phenoxy) is 2. The summed E-state index contributed by atoms with van der Waals surface area (Å²) in [4.78, 5) is 24.6. The van der Waals surface area contributed by atoms with Crippen molar-refractivity contribution in [3.05, 3.63) is 106 Å². The lowest BCUT2D eigenvalue weighted by Crippen LogP contribution is -2.24. The molecule has 0 unspecified atom stereocenters. The van der Waals surface area contributed by atoms with Gasteiger partial charge in [-0.3, -0.25) is 4.79 Å². The summed E-state index contributed by atoms with van der Waals surface area (Å²) in [6.07, 6.45) is 3.79. The molecule has 0 aliphatic carbocycles. The third kappa shape index (κ3) is 7.30. The predicted molar refractivity (Wildman–Crippen MR) is 132 cm³/mol. The molecule has 0 spiro atoms. The van der Waals surface area contributed by atoms with Gasteiger partial charge in [0.1, 0.15) is 11.5 Å². The zero-order valence-electron chi connectivity index (χ0n) is 17.5. The lowest BCUT2D eigenvalue weighted by molar-refractivity contribution is -0.123. The van der Waals surface area contributed by atoms with Gasteiger partial charge in [0, 0.05) is 15.1 Å². The summed E-state index contributed by atoms with van der Waals surface area (Å²) in [6.45, 7) is 3.51. The number of para-hydroxylation sites is 1. The third-order valence-corrected chi connectivity index (χ3v) is 5.09. The van der Waals surface area contributed by atoms with Gasteiger partial charge in [-0.1, -0.05) is 51.8 Å². The molecule has 3 aromatic rings. The van der Waals surface area contributed by atoms with E-state index < -0.39 is 11.9 Å². The van der Waals surface area contributed by atoms with Crippen molar-refractivity contribution in [3.8, 4) is 11.5 Å². The van der Waals surface area contributed by atoms with Crippen LogP contribution in [0.25, 0.3) is 0 Å². The number of carbonyl (C=O) groups excluding carboxylic acids is 2. The van der Waals surface area contributed by atoms with E-state index in [4.69, 9.17) is 21.1 Å². The molecular formula is C25H20BrClN2O4. The number of carbonyl (C=O) groups is 2. The van der Waals surface area contributed by atoms with Gasteiger partial charge in [0.2, 0.25) is 0 Å². The first kappa shape index (κ1) is 24.2. The Morgan fingerprint density at radius 1 is 1.06 bits per heavy atom. The van der Waals surface area contributed by atoms with Gasteiger partial charge in [0.25, 0.3) is 5.91 Å². The Hall–Kier alpha value is -3.42. The Morgan fingerprint density at radius 2 is 1.82 bits per heavy atom. The monoisotopic (exact) mass is 526 g/mol. The van der Waals surface area contributed by atoms with Crippen LogP contribution in [-0.4, -0.2) is 24.7 Å². The standard InChI is InChI=1S/C25H20BrClN2O4/c1-2-5-17-6-3-4-7-22(17)32-16-24(30)29-28-15-19-14-20(26)10-13-23(19)33-25(31)18-8-11-21(27)12-9-18/h2-4,6-15H,1,5,16H2,(H,29,30)/b28-15-. The second-order valence-corrected chi connectivity index (χ2v) is 8.11. The van der Waals surface area contributed by atoms with Crippen LogP contribution in [0, 0.1) is 0 Å². The Bertz CT molecular complexity index is 1180. The van der Waals surface area contributed by atoms with Crippen LogP contribution in [0.4, 0.5) is 0 Å². The number of hydrazone groups is 1. The van der Waals surface area contributed by atoms with Gasteiger partial charge in [-0.05, 0) is 60.5 Å². The topological polar surface area (TPSA) is 77.0 Å². The number of esters is 1. The van der Waals surface area contributed by atoms with Gasteiger partial charge in [0.05, 0.1) is 11.8 Å². The van der Waals surface area contributed by atoms with Crippen molar-refractivity contribution < 1.29 is 19.1 Å². The quantitative estimate of drug-likeness (QED) is 0.130. The van der Waals surface area contributed by atoms with Gasteiger partial charge < -0.3 is 9.47 Å². The summed E-state index contributed by atoms with van der Waals surface area (Å²) in [5.41, 5.74) is 4.19. The lowest BCUT2D eigenvalue weighted by Gasteiger charge is -2.09. The highest BCUT2D eigenvalue weighted by molar-refractivity contribution is 9.10. The number of nitrogens with one attached hydrogen (secondary N) is 1. The van der Waals surface area contributed by atoms with E-state index in [0.29, 0.717) is 28.3 Å². The van der Waals surface area contributed by atoms with E-state index in [1.54, 1.807) is 54.6 Å². The summed E-state index contributed by atoms with van der Waals surface area (Å²) in [5, 5.41) is 4.48. The molecule has 0 radical (unpaired) electrons. The van der Waals surface area contributed by atoms with Crippen molar-refractivity contribution in [2.45, 2.75) is 6.42 Å². The Balaban J connectivity index is 1.62. The largest absolute Gasteiger partial charge is 0.483 e. The number of hydrogen-bond acceptors (Lipinski definition) is 5. The molecule has 6 nitrogen and oxygen atoms in total. The summed E-state index contributed by atoms with van der Waals surface area (Å²) in [6, 6.07) is 18.9. The molecule has 168 valence electrons. The van der Waals surface area contributed by atoms with Crippen molar-refractivity contribution in [1.29, 1.82) is 0 Å². The van der Waals surface area contributed by atoms with Crippen LogP contribution in [0.2, 0.25) is 5.02 Å². The van der Waals surface area contributed by atoms with Crippen LogP contribution in [0.1, 0.15) is 21.5 Å². The van der Waals surface area contributed by atoms with Gasteiger partial charge in [0.15, 0.2) is 6.61 Å². The van der Waals surface area contributed by atoms with E-state index in [0.717, 1.165) is 10.0 Å². The zero-order chi connectivity index (χ0) is 23.6. The second-order valence-electron chi connectivity index (χ2n) is 6.76. The van der Waals surface area contributed by atoms with Crippen LogP contribution < -0.4 is 14.9 Å². The first-order valence-corrected chi connectivity index (χ1v) is 11.0. The normalized spacial score (nSPS) is 10.6. The molecule has 0 saturated heterocycles. The molecule has 0 aromatic heterocycles. The van der Waals surface area contributed by atoms with Gasteiger partial charge in [-0.15, -0.1) is 6.58 Å². The number of benzene rings is 3. The molecule has 1 N–H and O–H groups in total. The predicted octanol–water partition coefficient (Wildman–Crippen LogP) is 5.58. The van der Waals surface area contributed by atoms with Crippen LogP contribution in [0.15, 0.2) is 89.0 Å². The first-order valence-electron chi connectivity index (χ1n) is 9.87. The first-order chi connectivity index (χ1) is 16.0. The van der Waals surface area contributed by atoms with E-state index in [9.17, 15) is 9.59 Å². The van der Waals surface area contributed by atoms with Crippen molar-refractivity contribution in [1.82, 2.24) is 5.43 Å². The summed E-state index contributed by atoms with van der Waals surface area (Å²) in [5.74, 6) is -0.0840. The van der Waals surface area contributed by atoms with E-state index in [1.807, 2.05) is 18.2 Å². The molecule has 0 saturated carbocycles. The number of allylic oxidation sites excluding steroid dienone is 1. The van der Waals surface area contributed by atoms with E-state index in [-0.39, 0.29) is 12.4 Å². The minimum Gasteiger partial charge on any atom is -0.483 e. The maximum atomic E-state index is 12.4. The molecule has 0 heterocycles. The van der Waals surface area contributed by atoms with Crippen molar-refractivity contribution >= 4 is 45.6 Å². The number of hydrogen-bond donors (Lipinski definition) is 1. The molecule has 33 heavy (non-hydrogen) atoms. The van der Waals surface area contributed by atoms with E-state index in [2.05, 4.69) is 33.0 Å². The minimum absolute atomic E-state index is 0.206. The number of halogens is 2. The molecule has 0 bridgehead atoms. The molecular weight excluding hydrogens is 508 g/mol. The SMILES string of the molecule is C=CCc1ccccc1OCC(=O)N/N=C\c1cc(Br)ccc1OC(=O)c1ccc(Cl)cc1. The maximum absolute atomic E-state index is 12.4. The Morgan fingerprint density at radius 3 is 2.58 bits per heavy atom. The van der Waals surface area contributed by atoms with E-state index >= 15 is 0 Å². The second kappa shape index (κ2) is 12.0. The van der Waals surface area contributed by atoms with Gasteiger partial charge in [-0.25, -0.2) is 10.2 Å². The zero-order valence-corrected chi connectivity index (χ0v) is 19.8. The number of amides is 1.